The number of ether oxygens (including phenoxy) is 3. The van der Waals surface area contributed by atoms with Crippen LogP contribution in [0, 0.1) is 0 Å². The number of hydrogen-bond donors (Lipinski definition) is 0. The third-order valence-corrected chi connectivity index (χ3v) is 15.7. The molecule has 0 saturated heterocycles. The molecule has 4 heteroatoms. The van der Waals surface area contributed by atoms with Crippen LogP contribution in [0.1, 0.15) is 83.2 Å². The molecule has 0 aliphatic rings. The van der Waals surface area contributed by atoms with E-state index >= 15 is 0 Å². The molecule has 0 bridgehead atoms. The van der Waals surface area contributed by atoms with Crippen molar-refractivity contribution in [3.8, 4) is 17.2 Å². The third-order valence-electron chi connectivity index (χ3n) is 10.4. The number of rotatable bonds is 11. The minimum Gasteiger partial charge on any atom is -0.497 e. The van der Waals surface area contributed by atoms with Crippen LogP contribution in [0.4, 0.5) is 0 Å². The molecule has 3 nitrogen and oxygen atoms in total. The van der Waals surface area contributed by atoms with Gasteiger partial charge in [-0.2, -0.15) is 10.0 Å². The normalized spacial score (nSPS) is 13.4. The summed E-state index contributed by atoms with van der Waals surface area (Å²) in [6.07, 6.45) is 4.81. The average Bonchev–Trinajstić information content (AvgIpc) is 3.01. The first-order valence-corrected chi connectivity index (χ1v) is 17.8. The van der Waals surface area contributed by atoms with E-state index in [1.165, 1.54) is 27.8 Å². The number of methoxy groups -OCH3 is 2. The Morgan fingerprint density at radius 1 is 0.409 bits per heavy atom. The van der Waals surface area contributed by atoms with Gasteiger partial charge in [0.05, 0.1) is 14.2 Å². The lowest BCUT2D eigenvalue weighted by molar-refractivity contribution is 0.199. The van der Waals surface area contributed by atoms with Crippen molar-refractivity contribution >= 4 is 10.0 Å². The van der Waals surface area contributed by atoms with Gasteiger partial charge < -0.3 is 14.2 Å². The van der Waals surface area contributed by atoms with Gasteiger partial charge in [-0.3, -0.25) is 0 Å². The fraction of sp³-hybridized carbons (Fsp3) is 0.400. The van der Waals surface area contributed by atoms with E-state index in [0.29, 0.717) is 0 Å². The molecule has 0 heterocycles. The Bertz CT molecular complexity index is 1530. The van der Waals surface area contributed by atoms with Crippen molar-refractivity contribution in [3.63, 3.8) is 0 Å². The zero-order valence-corrected chi connectivity index (χ0v) is 29.7. The van der Waals surface area contributed by atoms with Gasteiger partial charge in [0.15, 0.2) is 0 Å². The van der Waals surface area contributed by atoms with E-state index in [-0.39, 0.29) is 20.5 Å². The van der Waals surface area contributed by atoms with Crippen molar-refractivity contribution in [1.82, 2.24) is 0 Å². The second kappa shape index (κ2) is 12.2. The van der Waals surface area contributed by atoms with Crippen molar-refractivity contribution in [2.75, 3.05) is 26.7 Å². The first-order chi connectivity index (χ1) is 20.5. The van der Waals surface area contributed by atoms with E-state index in [9.17, 15) is 0 Å². The molecule has 236 valence electrons. The molecule has 0 radical (unpaired) electrons. The molecule has 0 unspecified atom stereocenters. The van der Waals surface area contributed by atoms with Crippen LogP contribution in [0.3, 0.4) is 0 Å². The Hall–Kier alpha value is -3.37. The lowest BCUT2D eigenvalue weighted by atomic mass is 9.77. The molecule has 0 N–H and O–H groups in total. The summed E-state index contributed by atoms with van der Waals surface area (Å²) in [5, 5.41) is 0. The molecule has 4 aromatic carbocycles. The molecular weight excluding hydrogens is 561 g/mol. The predicted octanol–water partition coefficient (Wildman–Crippen LogP) is 10.5. The number of benzene rings is 4. The SMILES string of the molecule is COc1ccc(C(C)(C)c2ccc(OC(C)(C)S(C)(C)C(C)(C)c3ccc(C(C)(C)c4ccc(OC)cc4)cc3)cc2)cc1. The molecular formula is C40H52O3S. The van der Waals surface area contributed by atoms with E-state index < -0.39 is 10.0 Å². The Morgan fingerprint density at radius 3 is 1.00 bits per heavy atom. The second-order valence-corrected chi connectivity index (χ2v) is 18.8. The summed E-state index contributed by atoms with van der Waals surface area (Å²) in [5.74, 6) is 2.65. The van der Waals surface area contributed by atoms with Crippen LogP contribution in [0.15, 0.2) is 97.1 Å². The summed E-state index contributed by atoms with van der Waals surface area (Å²) < 4.78 is 17.5. The van der Waals surface area contributed by atoms with Gasteiger partial charge >= 0.3 is 0 Å². The second-order valence-electron chi connectivity index (χ2n) is 14.1. The van der Waals surface area contributed by atoms with E-state index in [1.54, 1.807) is 14.2 Å². The Morgan fingerprint density at radius 2 is 0.682 bits per heavy atom. The monoisotopic (exact) mass is 612 g/mol. The maximum Gasteiger partial charge on any atom is 0.134 e. The van der Waals surface area contributed by atoms with Crippen molar-refractivity contribution < 1.29 is 14.2 Å². The Labute approximate surface area is 268 Å². The molecule has 0 atom stereocenters. The summed E-state index contributed by atoms with van der Waals surface area (Å²) in [6.45, 7) is 18.3. The zero-order chi connectivity index (χ0) is 32.6. The topological polar surface area (TPSA) is 27.7 Å². The minimum atomic E-state index is -1.33. The highest BCUT2D eigenvalue weighted by atomic mass is 32.3. The summed E-state index contributed by atoms with van der Waals surface area (Å²) in [7, 11) is 2.07. The maximum absolute atomic E-state index is 6.84. The van der Waals surface area contributed by atoms with Crippen LogP contribution in [0.5, 0.6) is 17.2 Å². The predicted molar refractivity (Wildman–Crippen MR) is 190 cm³/mol. The highest BCUT2D eigenvalue weighted by molar-refractivity contribution is 8.34. The van der Waals surface area contributed by atoms with Crippen molar-refractivity contribution in [1.29, 1.82) is 0 Å². The van der Waals surface area contributed by atoms with Gasteiger partial charge in [-0.1, -0.05) is 88.4 Å². The first kappa shape index (κ1) is 33.5. The summed E-state index contributed by atoms with van der Waals surface area (Å²) in [4.78, 5) is -0.370. The smallest absolute Gasteiger partial charge is 0.134 e. The van der Waals surface area contributed by atoms with Crippen molar-refractivity contribution in [2.45, 2.75) is 75.9 Å². The lowest BCUT2D eigenvalue weighted by Crippen LogP contribution is -2.43. The molecule has 0 aliphatic carbocycles. The van der Waals surface area contributed by atoms with Crippen LogP contribution in [0.2, 0.25) is 0 Å². The first-order valence-electron chi connectivity index (χ1n) is 15.4. The van der Waals surface area contributed by atoms with E-state index in [2.05, 4.69) is 141 Å². The summed E-state index contributed by atoms with van der Waals surface area (Å²) in [6, 6.07) is 34.6. The van der Waals surface area contributed by atoms with Crippen LogP contribution in [-0.2, 0) is 15.6 Å². The average molecular weight is 613 g/mol. The Kier molecular flexibility index (Phi) is 9.29. The van der Waals surface area contributed by atoms with Crippen LogP contribution >= 0.6 is 10.0 Å². The molecule has 0 amide bonds. The fourth-order valence-corrected chi connectivity index (χ4v) is 8.13. The molecule has 0 aromatic heterocycles. The molecule has 0 saturated carbocycles. The quantitative estimate of drug-likeness (QED) is 0.169. The fourth-order valence-electron chi connectivity index (χ4n) is 5.87. The van der Waals surface area contributed by atoms with Gasteiger partial charge in [0.1, 0.15) is 22.2 Å². The Balaban J connectivity index is 1.53. The number of hydrogen-bond acceptors (Lipinski definition) is 3. The van der Waals surface area contributed by atoms with Crippen LogP contribution in [0.25, 0.3) is 0 Å². The van der Waals surface area contributed by atoms with Crippen molar-refractivity contribution in [3.05, 3.63) is 125 Å². The maximum atomic E-state index is 6.84. The summed E-state index contributed by atoms with van der Waals surface area (Å²) >= 11 is 0. The van der Waals surface area contributed by atoms with Gasteiger partial charge in [-0.05, 0) is 104 Å². The third kappa shape index (κ3) is 6.24. The standard InChI is InChI=1S/C40H52O3S/c1-37(2,30-17-23-34(41-9)24-18-30)29-13-15-33(16-14-29)39(5,6)44(11,12)40(7,8)43-36-27-21-32(22-28-36)38(3,4)31-19-25-35(42-10)26-20-31/h13-28H,1-12H3. The lowest BCUT2D eigenvalue weighted by Gasteiger charge is -2.56. The molecule has 44 heavy (non-hydrogen) atoms. The van der Waals surface area contributed by atoms with Crippen molar-refractivity contribution in [2.24, 2.45) is 0 Å². The largest absolute Gasteiger partial charge is 0.497 e. The molecule has 0 fully saturated rings. The minimum absolute atomic E-state index is 0.0877. The van der Waals surface area contributed by atoms with Crippen LogP contribution in [-0.4, -0.2) is 31.7 Å². The summed E-state index contributed by atoms with van der Waals surface area (Å²) in [5.41, 5.74) is 6.14. The van der Waals surface area contributed by atoms with Gasteiger partial charge in [0.25, 0.3) is 0 Å². The molecule has 0 aliphatic heterocycles. The molecule has 4 rings (SSSR count). The van der Waals surface area contributed by atoms with E-state index in [4.69, 9.17) is 14.2 Å². The molecule has 4 aromatic rings. The van der Waals surface area contributed by atoms with E-state index in [1.807, 2.05) is 24.3 Å². The van der Waals surface area contributed by atoms with E-state index in [0.717, 1.165) is 17.2 Å². The van der Waals surface area contributed by atoms with Gasteiger partial charge in [0.2, 0.25) is 0 Å². The van der Waals surface area contributed by atoms with Gasteiger partial charge in [0, 0.05) is 15.6 Å². The highest BCUT2D eigenvalue weighted by Crippen LogP contribution is 2.67. The molecule has 0 spiro atoms. The highest BCUT2D eigenvalue weighted by Gasteiger charge is 2.46. The van der Waals surface area contributed by atoms with Gasteiger partial charge in [-0.25, -0.2) is 0 Å². The van der Waals surface area contributed by atoms with Gasteiger partial charge in [-0.15, -0.1) is 0 Å². The zero-order valence-electron chi connectivity index (χ0n) is 28.9. The van der Waals surface area contributed by atoms with Crippen LogP contribution < -0.4 is 14.2 Å².